The van der Waals surface area contributed by atoms with Gasteiger partial charge >= 0.3 is 0 Å². The lowest BCUT2D eigenvalue weighted by Gasteiger charge is -2.24. The Morgan fingerprint density at radius 3 is 2.60 bits per heavy atom. The van der Waals surface area contributed by atoms with E-state index in [1.807, 2.05) is 30.8 Å². The Hall–Kier alpha value is -1.36. The summed E-state index contributed by atoms with van der Waals surface area (Å²) in [6.07, 6.45) is 3.64. The Morgan fingerprint density at radius 1 is 1.47 bits per heavy atom. The zero-order valence-electron chi connectivity index (χ0n) is 9.34. The molecule has 0 saturated carbocycles. The second-order valence-electron chi connectivity index (χ2n) is 3.81. The van der Waals surface area contributed by atoms with Crippen LogP contribution >= 0.6 is 0 Å². The molecule has 0 unspecified atom stereocenters. The molecule has 1 aromatic rings. The summed E-state index contributed by atoms with van der Waals surface area (Å²) in [5.41, 5.74) is 5.18. The Morgan fingerprint density at radius 2 is 2.13 bits per heavy atom. The van der Waals surface area contributed by atoms with Gasteiger partial charge in [0.15, 0.2) is 0 Å². The van der Waals surface area contributed by atoms with Crippen LogP contribution in [0.3, 0.4) is 0 Å². The van der Waals surface area contributed by atoms with Gasteiger partial charge in [-0.3, -0.25) is 9.48 Å². The van der Waals surface area contributed by atoms with Crippen molar-refractivity contribution in [1.29, 1.82) is 0 Å². The molecule has 0 saturated heterocycles. The summed E-state index contributed by atoms with van der Waals surface area (Å²) < 4.78 is 1.85. The van der Waals surface area contributed by atoms with Crippen molar-refractivity contribution in [3.05, 3.63) is 18.5 Å². The van der Waals surface area contributed by atoms with Gasteiger partial charge in [-0.25, -0.2) is 0 Å². The monoisotopic (exact) mass is 210 g/mol. The molecule has 1 amide bonds. The van der Waals surface area contributed by atoms with Gasteiger partial charge in [0.2, 0.25) is 5.91 Å². The summed E-state index contributed by atoms with van der Waals surface area (Å²) in [6.45, 7) is 5.80. The number of carbonyl (C=O) groups is 1. The predicted molar refractivity (Wildman–Crippen MR) is 58.2 cm³/mol. The Kier molecular flexibility index (Phi) is 3.85. The molecule has 1 rings (SSSR count). The van der Waals surface area contributed by atoms with Crippen molar-refractivity contribution in [3.8, 4) is 0 Å². The normalized spacial score (nSPS) is 17.0. The van der Waals surface area contributed by atoms with Crippen LogP contribution in [-0.4, -0.2) is 27.8 Å². The average Bonchev–Trinajstić information content (AvgIpc) is 2.68. The highest BCUT2D eigenvalue weighted by Gasteiger charge is 2.18. The maximum absolute atomic E-state index is 10.9. The van der Waals surface area contributed by atoms with E-state index in [0.717, 1.165) is 0 Å². The van der Waals surface area contributed by atoms with Gasteiger partial charge in [0.1, 0.15) is 0 Å². The molecule has 0 spiro atoms. The highest BCUT2D eigenvalue weighted by Crippen LogP contribution is 2.09. The standard InChI is InChI=1S/C10H18N4O/c1-7(13-8(2)10(11)15)9(3)14-6-4-5-12-14/h4-9,13H,1-3H3,(H2,11,15)/t7-,8+,9+/m1/s1. The first-order chi connectivity index (χ1) is 7.02. The molecule has 0 aromatic carbocycles. The fraction of sp³-hybridized carbons (Fsp3) is 0.600. The molecule has 0 fully saturated rings. The third kappa shape index (κ3) is 3.06. The Bertz CT molecular complexity index is 309. The zero-order chi connectivity index (χ0) is 11.4. The largest absolute Gasteiger partial charge is 0.368 e. The van der Waals surface area contributed by atoms with Crippen molar-refractivity contribution in [2.45, 2.75) is 38.9 Å². The summed E-state index contributed by atoms with van der Waals surface area (Å²) in [5, 5.41) is 7.28. The molecule has 5 heteroatoms. The van der Waals surface area contributed by atoms with Crippen LogP contribution in [0.5, 0.6) is 0 Å². The Labute approximate surface area is 89.6 Å². The van der Waals surface area contributed by atoms with Gasteiger partial charge in [0, 0.05) is 18.4 Å². The lowest BCUT2D eigenvalue weighted by Crippen LogP contribution is -2.46. The van der Waals surface area contributed by atoms with E-state index in [1.165, 1.54) is 0 Å². The minimum Gasteiger partial charge on any atom is -0.368 e. The number of nitrogens with zero attached hydrogens (tertiary/aromatic N) is 2. The maximum Gasteiger partial charge on any atom is 0.234 e. The molecule has 1 heterocycles. The molecule has 0 aliphatic carbocycles. The smallest absolute Gasteiger partial charge is 0.234 e. The molecular weight excluding hydrogens is 192 g/mol. The number of carbonyl (C=O) groups excluding carboxylic acids is 1. The number of amides is 1. The molecule has 3 atom stereocenters. The highest BCUT2D eigenvalue weighted by molar-refractivity contribution is 5.79. The fourth-order valence-electron chi connectivity index (χ4n) is 1.37. The summed E-state index contributed by atoms with van der Waals surface area (Å²) in [7, 11) is 0. The van der Waals surface area contributed by atoms with Crippen LogP contribution in [0.4, 0.5) is 0 Å². The van der Waals surface area contributed by atoms with Crippen molar-refractivity contribution < 1.29 is 4.79 Å². The van der Waals surface area contributed by atoms with Crippen molar-refractivity contribution in [1.82, 2.24) is 15.1 Å². The van der Waals surface area contributed by atoms with Crippen LogP contribution in [0.1, 0.15) is 26.8 Å². The zero-order valence-corrected chi connectivity index (χ0v) is 9.34. The van der Waals surface area contributed by atoms with E-state index in [2.05, 4.69) is 10.4 Å². The first-order valence-electron chi connectivity index (χ1n) is 5.07. The molecule has 3 N–H and O–H groups in total. The lowest BCUT2D eigenvalue weighted by molar-refractivity contribution is -0.119. The second-order valence-corrected chi connectivity index (χ2v) is 3.81. The minimum atomic E-state index is -0.338. The first kappa shape index (κ1) is 11.7. The third-order valence-corrected chi connectivity index (χ3v) is 2.61. The van der Waals surface area contributed by atoms with Gasteiger partial charge in [-0.15, -0.1) is 0 Å². The molecule has 15 heavy (non-hydrogen) atoms. The first-order valence-corrected chi connectivity index (χ1v) is 5.07. The summed E-state index contributed by atoms with van der Waals surface area (Å²) >= 11 is 0. The van der Waals surface area contributed by atoms with Crippen molar-refractivity contribution in [3.63, 3.8) is 0 Å². The molecule has 0 aliphatic rings. The van der Waals surface area contributed by atoms with Gasteiger partial charge in [-0.05, 0) is 26.8 Å². The van der Waals surface area contributed by atoms with Crippen LogP contribution in [0.15, 0.2) is 18.5 Å². The van der Waals surface area contributed by atoms with Gasteiger partial charge in [0.25, 0.3) is 0 Å². The second kappa shape index (κ2) is 4.93. The van der Waals surface area contributed by atoms with E-state index in [4.69, 9.17) is 5.73 Å². The van der Waals surface area contributed by atoms with Gasteiger partial charge in [0.05, 0.1) is 12.1 Å². The van der Waals surface area contributed by atoms with Crippen molar-refractivity contribution >= 4 is 5.91 Å². The molecule has 1 aromatic heterocycles. The fourth-order valence-corrected chi connectivity index (χ4v) is 1.37. The van der Waals surface area contributed by atoms with E-state index in [0.29, 0.717) is 0 Å². The average molecular weight is 210 g/mol. The van der Waals surface area contributed by atoms with E-state index >= 15 is 0 Å². The topological polar surface area (TPSA) is 72.9 Å². The summed E-state index contributed by atoms with van der Waals surface area (Å²) in [5.74, 6) is -0.338. The van der Waals surface area contributed by atoms with E-state index in [1.54, 1.807) is 13.1 Å². The van der Waals surface area contributed by atoms with Crippen LogP contribution in [-0.2, 0) is 4.79 Å². The van der Waals surface area contributed by atoms with Gasteiger partial charge in [-0.1, -0.05) is 0 Å². The van der Waals surface area contributed by atoms with E-state index in [9.17, 15) is 4.79 Å². The lowest BCUT2D eigenvalue weighted by atomic mass is 10.1. The van der Waals surface area contributed by atoms with Crippen LogP contribution < -0.4 is 11.1 Å². The number of hydrogen-bond acceptors (Lipinski definition) is 3. The Balaban J connectivity index is 2.54. The van der Waals surface area contributed by atoms with Crippen LogP contribution in [0.2, 0.25) is 0 Å². The molecular formula is C10H18N4O. The number of nitrogens with two attached hydrogens (primary N) is 1. The van der Waals surface area contributed by atoms with E-state index in [-0.39, 0.29) is 24.0 Å². The summed E-state index contributed by atoms with van der Waals surface area (Å²) in [6, 6.07) is 1.87. The van der Waals surface area contributed by atoms with Crippen LogP contribution in [0, 0.1) is 0 Å². The van der Waals surface area contributed by atoms with Crippen molar-refractivity contribution in [2.24, 2.45) is 5.73 Å². The number of aromatic nitrogens is 2. The SMILES string of the molecule is C[C@H](N[C@H](C)[C@H](C)n1cccn1)C(N)=O. The summed E-state index contributed by atoms with van der Waals surface area (Å²) in [4.78, 5) is 10.9. The minimum absolute atomic E-state index is 0.132. The van der Waals surface area contributed by atoms with Gasteiger partial charge in [-0.2, -0.15) is 5.10 Å². The molecule has 0 bridgehead atoms. The predicted octanol–water partition coefficient (Wildman–Crippen LogP) is 0.296. The van der Waals surface area contributed by atoms with E-state index < -0.39 is 0 Å². The molecule has 84 valence electrons. The maximum atomic E-state index is 10.9. The van der Waals surface area contributed by atoms with Gasteiger partial charge < -0.3 is 11.1 Å². The number of hydrogen-bond donors (Lipinski definition) is 2. The molecule has 0 radical (unpaired) electrons. The molecule has 0 aliphatic heterocycles. The quantitative estimate of drug-likeness (QED) is 0.734. The van der Waals surface area contributed by atoms with Crippen molar-refractivity contribution in [2.75, 3.05) is 0 Å². The van der Waals surface area contributed by atoms with Crippen LogP contribution in [0.25, 0.3) is 0 Å². The number of rotatable bonds is 5. The molecule has 5 nitrogen and oxygen atoms in total. The third-order valence-electron chi connectivity index (χ3n) is 2.61. The number of primary amides is 1. The highest BCUT2D eigenvalue weighted by atomic mass is 16.1. The number of nitrogens with one attached hydrogen (secondary N) is 1.